The molecule has 1 saturated heterocycles. The Kier molecular flexibility index (Phi) is 5.54. The molecule has 1 fully saturated rings. The van der Waals surface area contributed by atoms with Crippen molar-refractivity contribution in [3.05, 3.63) is 71.3 Å². The van der Waals surface area contributed by atoms with E-state index in [1.807, 2.05) is 6.20 Å². The second-order valence-corrected chi connectivity index (χ2v) is 8.64. The largest absolute Gasteiger partial charge is 0.302 e. The third kappa shape index (κ3) is 3.60. The highest BCUT2D eigenvalue weighted by Crippen LogP contribution is 2.39. The lowest BCUT2D eigenvalue weighted by atomic mass is 9.83. The summed E-state index contributed by atoms with van der Waals surface area (Å²) < 4.78 is 2.35. The molecule has 0 saturated carbocycles. The van der Waals surface area contributed by atoms with Gasteiger partial charge in [-0.05, 0) is 88.6 Å². The van der Waals surface area contributed by atoms with Crippen molar-refractivity contribution < 1.29 is 0 Å². The number of aryl methyl sites for hydroxylation is 2. The summed E-state index contributed by atoms with van der Waals surface area (Å²) in [6.45, 7) is 13.1. The van der Waals surface area contributed by atoms with Gasteiger partial charge in [0.2, 0.25) is 0 Å². The maximum absolute atomic E-state index is 4.91. The van der Waals surface area contributed by atoms with Gasteiger partial charge in [0.1, 0.15) is 5.82 Å². The zero-order valence-corrected chi connectivity index (χ0v) is 17.6. The number of allylic oxidation sites excluding steroid dienone is 2. The summed E-state index contributed by atoms with van der Waals surface area (Å²) in [4.78, 5) is 7.56. The first-order valence-corrected chi connectivity index (χ1v) is 10.7. The van der Waals surface area contributed by atoms with E-state index in [9.17, 15) is 0 Å². The first-order chi connectivity index (χ1) is 13.6. The zero-order chi connectivity index (χ0) is 19.7. The molecule has 2 aromatic rings. The van der Waals surface area contributed by atoms with Gasteiger partial charge in [-0.2, -0.15) is 0 Å². The molecule has 1 aromatic carbocycles. The van der Waals surface area contributed by atoms with E-state index in [1.54, 1.807) is 5.57 Å². The maximum Gasteiger partial charge on any atom is 0.134 e. The van der Waals surface area contributed by atoms with E-state index in [2.05, 4.69) is 67.3 Å². The molecule has 3 nitrogen and oxygen atoms in total. The van der Waals surface area contributed by atoms with Gasteiger partial charge in [-0.25, -0.2) is 4.98 Å². The van der Waals surface area contributed by atoms with E-state index in [4.69, 9.17) is 4.98 Å². The molecule has 0 radical (unpaired) electrons. The van der Waals surface area contributed by atoms with Crippen LogP contribution in [0.25, 0.3) is 5.69 Å². The highest BCUT2D eigenvalue weighted by atomic mass is 15.2. The Hall–Kier alpha value is -2.13. The Morgan fingerprint density at radius 3 is 2.50 bits per heavy atom. The third-order valence-corrected chi connectivity index (χ3v) is 6.59. The number of nitrogens with zero attached hydrogens (tertiary/aromatic N) is 3. The average molecular weight is 376 g/mol. The van der Waals surface area contributed by atoms with E-state index in [0.29, 0.717) is 12.0 Å². The normalized spacial score (nSPS) is 21.5. The Morgan fingerprint density at radius 2 is 1.89 bits per heavy atom. The lowest BCUT2D eigenvalue weighted by Crippen LogP contribution is -2.30. The van der Waals surface area contributed by atoms with E-state index >= 15 is 0 Å². The predicted molar refractivity (Wildman–Crippen MR) is 117 cm³/mol. The van der Waals surface area contributed by atoms with Gasteiger partial charge < -0.3 is 4.57 Å². The van der Waals surface area contributed by atoms with Gasteiger partial charge in [-0.3, -0.25) is 4.90 Å². The zero-order valence-electron chi connectivity index (χ0n) is 17.6. The van der Waals surface area contributed by atoms with Crippen LogP contribution >= 0.6 is 0 Å². The van der Waals surface area contributed by atoms with Crippen molar-refractivity contribution in [1.29, 1.82) is 0 Å². The second kappa shape index (κ2) is 8.08. The minimum atomic E-state index is 0.294. The molecule has 1 aromatic heterocycles. The monoisotopic (exact) mass is 375 g/mol. The number of hydrogen-bond acceptors (Lipinski definition) is 2. The molecule has 2 heterocycles. The summed E-state index contributed by atoms with van der Waals surface area (Å²) in [5.41, 5.74) is 6.78. The molecular weight excluding hydrogens is 342 g/mol. The number of imidazole rings is 1. The maximum atomic E-state index is 4.91. The van der Waals surface area contributed by atoms with Crippen molar-refractivity contribution in [2.24, 2.45) is 5.92 Å². The minimum absolute atomic E-state index is 0.294. The molecule has 0 amide bonds. The first-order valence-electron chi connectivity index (χ1n) is 10.7. The van der Waals surface area contributed by atoms with Crippen LogP contribution in [0.1, 0.15) is 62.0 Å². The average Bonchev–Trinajstić information content (AvgIpc) is 3.36. The van der Waals surface area contributed by atoms with Crippen LogP contribution in [0.2, 0.25) is 0 Å². The number of para-hydroxylation sites is 1. The summed E-state index contributed by atoms with van der Waals surface area (Å²) in [5.74, 6) is 1.82. The van der Waals surface area contributed by atoms with Gasteiger partial charge in [0.15, 0.2) is 0 Å². The van der Waals surface area contributed by atoms with Gasteiger partial charge in [0.25, 0.3) is 0 Å². The van der Waals surface area contributed by atoms with Crippen molar-refractivity contribution in [3.63, 3.8) is 0 Å². The van der Waals surface area contributed by atoms with Crippen LogP contribution in [0.15, 0.2) is 54.4 Å². The van der Waals surface area contributed by atoms with Crippen LogP contribution in [0.4, 0.5) is 0 Å². The molecule has 0 bridgehead atoms. The van der Waals surface area contributed by atoms with E-state index < -0.39 is 0 Å². The summed E-state index contributed by atoms with van der Waals surface area (Å²) in [7, 11) is 0. The molecule has 0 spiro atoms. The molecule has 0 N–H and O–H groups in total. The van der Waals surface area contributed by atoms with E-state index in [-0.39, 0.29) is 0 Å². The molecule has 28 heavy (non-hydrogen) atoms. The molecule has 1 unspecified atom stereocenters. The highest BCUT2D eigenvalue weighted by Gasteiger charge is 2.32. The number of likely N-dealkylation sites (tertiary alicyclic amines) is 1. The SMILES string of the molecule is C=C(C)[C@@H]1CC=C(C(c2nccn2-c2c(C)cccc2C)N2CCCC2)CC1. The molecule has 2 atom stereocenters. The number of aromatic nitrogens is 2. The minimum Gasteiger partial charge on any atom is -0.302 e. The van der Waals surface area contributed by atoms with Gasteiger partial charge in [0.05, 0.1) is 11.7 Å². The van der Waals surface area contributed by atoms with Crippen molar-refractivity contribution in [2.45, 2.75) is 58.9 Å². The van der Waals surface area contributed by atoms with Crippen LogP contribution in [0.3, 0.4) is 0 Å². The lowest BCUT2D eigenvalue weighted by Gasteiger charge is -2.33. The summed E-state index contributed by atoms with van der Waals surface area (Å²) in [6, 6.07) is 6.84. The molecule has 1 aliphatic carbocycles. The summed E-state index contributed by atoms with van der Waals surface area (Å²) in [6.07, 6.45) is 12.7. The van der Waals surface area contributed by atoms with Crippen molar-refractivity contribution >= 4 is 0 Å². The molecule has 148 valence electrons. The fourth-order valence-electron chi connectivity index (χ4n) is 5.01. The molecule has 2 aliphatic rings. The predicted octanol–water partition coefficient (Wildman–Crippen LogP) is 5.93. The highest BCUT2D eigenvalue weighted by molar-refractivity contribution is 5.48. The number of benzene rings is 1. The van der Waals surface area contributed by atoms with Gasteiger partial charge in [-0.1, -0.05) is 36.4 Å². The van der Waals surface area contributed by atoms with E-state index in [0.717, 1.165) is 12.8 Å². The Labute approximate surface area is 169 Å². The van der Waals surface area contributed by atoms with E-state index in [1.165, 1.54) is 60.6 Å². The molecule has 3 heteroatoms. The van der Waals surface area contributed by atoms with Gasteiger partial charge >= 0.3 is 0 Å². The van der Waals surface area contributed by atoms with Crippen molar-refractivity contribution in [3.8, 4) is 5.69 Å². The van der Waals surface area contributed by atoms with Crippen molar-refractivity contribution in [1.82, 2.24) is 14.5 Å². The molecular formula is C25H33N3. The third-order valence-electron chi connectivity index (χ3n) is 6.59. The van der Waals surface area contributed by atoms with Crippen LogP contribution in [0, 0.1) is 19.8 Å². The standard InChI is InChI=1S/C25H33N3/c1-18(2)21-10-12-22(13-11-21)24(27-15-5-6-16-27)25-26-14-17-28(25)23-19(3)8-7-9-20(23)4/h7-9,12,14,17,21,24H,1,5-6,10-11,13,15-16H2,2-4H3/t21-,24?/m1/s1. The summed E-state index contributed by atoms with van der Waals surface area (Å²) >= 11 is 0. The Morgan fingerprint density at radius 1 is 1.18 bits per heavy atom. The van der Waals surface area contributed by atoms with Crippen LogP contribution in [-0.2, 0) is 0 Å². The number of rotatable bonds is 5. The molecule has 1 aliphatic heterocycles. The van der Waals surface area contributed by atoms with Crippen molar-refractivity contribution in [2.75, 3.05) is 13.1 Å². The van der Waals surface area contributed by atoms with Crippen LogP contribution < -0.4 is 0 Å². The van der Waals surface area contributed by atoms with Crippen LogP contribution in [0.5, 0.6) is 0 Å². The first kappa shape index (κ1) is 19.2. The van der Waals surface area contributed by atoms with Crippen LogP contribution in [-0.4, -0.2) is 27.5 Å². The molecule has 4 rings (SSSR count). The fourth-order valence-corrected chi connectivity index (χ4v) is 5.01. The van der Waals surface area contributed by atoms with Gasteiger partial charge in [0, 0.05) is 12.4 Å². The smallest absolute Gasteiger partial charge is 0.134 e. The topological polar surface area (TPSA) is 21.1 Å². The summed E-state index contributed by atoms with van der Waals surface area (Å²) in [5, 5.41) is 0. The second-order valence-electron chi connectivity index (χ2n) is 8.64. The Balaban J connectivity index is 1.76. The lowest BCUT2D eigenvalue weighted by molar-refractivity contribution is 0.256. The Bertz CT molecular complexity index is 863. The fraction of sp³-hybridized carbons (Fsp3) is 0.480. The number of hydrogen-bond donors (Lipinski definition) is 0. The quantitative estimate of drug-likeness (QED) is 0.604. The van der Waals surface area contributed by atoms with Gasteiger partial charge in [-0.15, -0.1) is 0 Å².